The van der Waals surface area contributed by atoms with E-state index in [1.54, 1.807) is 18.2 Å². The molecule has 2 aromatic rings. The molecule has 5 rings (SSSR count). The molecule has 0 saturated heterocycles. The molecule has 0 aromatic heterocycles. The van der Waals surface area contributed by atoms with Crippen LogP contribution >= 0.6 is 11.6 Å². The largest absolute Gasteiger partial charge is 0.512 e. The maximum absolute atomic E-state index is 13.3. The lowest BCUT2D eigenvalue weighted by atomic mass is 9.90. The van der Waals surface area contributed by atoms with E-state index in [2.05, 4.69) is 0 Å². The van der Waals surface area contributed by atoms with E-state index in [4.69, 9.17) is 21.4 Å². The highest BCUT2D eigenvalue weighted by atomic mass is 35.5. The van der Waals surface area contributed by atoms with Crippen LogP contribution in [0.4, 0.5) is 4.39 Å². The fourth-order valence-corrected chi connectivity index (χ4v) is 4.40. The lowest BCUT2D eigenvalue weighted by Gasteiger charge is -2.47. The first-order chi connectivity index (χ1) is 13.0. The van der Waals surface area contributed by atoms with Crippen LogP contribution in [0, 0.1) is 5.82 Å². The molecule has 1 N–H and O–H groups in total. The van der Waals surface area contributed by atoms with E-state index in [-0.39, 0.29) is 11.9 Å². The average Bonchev–Trinajstić information content (AvgIpc) is 3.10. The molecule has 0 unspecified atom stereocenters. The number of fused-ring (bicyclic) bond motifs is 4. The van der Waals surface area contributed by atoms with E-state index in [1.165, 1.54) is 12.1 Å². The van der Waals surface area contributed by atoms with Crippen molar-refractivity contribution in [3.8, 4) is 5.75 Å². The summed E-state index contributed by atoms with van der Waals surface area (Å²) in [6, 6.07) is 11.9. The molecule has 2 atom stereocenters. The number of hydrazone groups is 1. The van der Waals surface area contributed by atoms with Crippen LogP contribution in [0.3, 0.4) is 0 Å². The topological polar surface area (TPSA) is 45.1 Å². The van der Waals surface area contributed by atoms with Gasteiger partial charge in [-0.1, -0.05) is 23.7 Å². The number of allylic oxidation sites excluding steroid dienone is 1. The van der Waals surface area contributed by atoms with E-state index in [0.717, 1.165) is 35.4 Å². The first-order valence-electron chi connectivity index (χ1n) is 9.06. The Kier molecular flexibility index (Phi) is 3.69. The Bertz CT molecular complexity index is 973. The predicted octanol–water partition coefficient (Wildman–Crippen LogP) is 5.34. The monoisotopic (exact) mass is 384 g/mol. The predicted molar refractivity (Wildman–Crippen MR) is 102 cm³/mol. The number of nitrogens with zero attached hydrogens (tertiary/aromatic N) is 2. The van der Waals surface area contributed by atoms with Gasteiger partial charge < -0.3 is 9.84 Å². The summed E-state index contributed by atoms with van der Waals surface area (Å²) in [5.41, 5.74) is 1.92. The Morgan fingerprint density at radius 1 is 1.22 bits per heavy atom. The second-order valence-electron chi connectivity index (χ2n) is 7.24. The molecule has 1 spiro atoms. The summed E-state index contributed by atoms with van der Waals surface area (Å²) in [7, 11) is 0. The molecule has 2 heterocycles. The first-order valence-corrected chi connectivity index (χ1v) is 9.44. The highest BCUT2D eigenvalue weighted by Gasteiger charge is 2.50. The number of benzene rings is 2. The maximum Gasteiger partial charge on any atom is 0.220 e. The Balaban J connectivity index is 1.64. The van der Waals surface area contributed by atoms with Crippen LogP contribution in [0.15, 0.2) is 59.4 Å². The number of aliphatic hydroxyl groups is 1. The Labute approximate surface area is 161 Å². The maximum atomic E-state index is 13.3. The smallest absolute Gasteiger partial charge is 0.220 e. The summed E-state index contributed by atoms with van der Waals surface area (Å²) in [5, 5.41) is 17.6. The van der Waals surface area contributed by atoms with Crippen LogP contribution < -0.4 is 4.74 Å². The van der Waals surface area contributed by atoms with Crippen LogP contribution in [0.5, 0.6) is 5.75 Å². The molecule has 27 heavy (non-hydrogen) atoms. The molecule has 6 heteroatoms. The summed E-state index contributed by atoms with van der Waals surface area (Å²) in [4.78, 5) is 0. The summed E-state index contributed by atoms with van der Waals surface area (Å²) >= 11 is 6.23. The molecule has 0 fully saturated rings. The van der Waals surface area contributed by atoms with Gasteiger partial charge in [0.25, 0.3) is 0 Å². The zero-order chi connectivity index (χ0) is 18.6. The molecule has 0 radical (unpaired) electrons. The van der Waals surface area contributed by atoms with Crippen molar-refractivity contribution in [3.63, 3.8) is 0 Å². The quantitative estimate of drug-likeness (QED) is 0.721. The van der Waals surface area contributed by atoms with Gasteiger partial charge in [0.15, 0.2) is 0 Å². The summed E-state index contributed by atoms with van der Waals surface area (Å²) in [6.45, 7) is 0. The van der Waals surface area contributed by atoms with Crippen LogP contribution in [0.2, 0.25) is 5.02 Å². The van der Waals surface area contributed by atoms with Gasteiger partial charge in [-0.05, 0) is 42.3 Å². The van der Waals surface area contributed by atoms with Crippen LogP contribution in [0.25, 0.3) is 0 Å². The lowest BCUT2D eigenvalue weighted by molar-refractivity contribution is -0.0944. The Morgan fingerprint density at radius 2 is 2.04 bits per heavy atom. The first kappa shape index (κ1) is 16.6. The minimum absolute atomic E-state index is 0.0466. The van der Waals surface area contributed by atoms with Gasteiger partial charge in [0, 0.05) is 35.9 Å². The van der Waals surface area contributed by atoms with Crippen molar-refractivity contribution in [1.82, 2.24) is 5.01 Å². The molecule has 138 valence electrons. The van der Waals surface area contributed by atoms with Crippen molar-refractivity contribution in [1.29, 1.82) is 0 Å². The highest BCUT2D eigenvalue weighted by molar-refractivity contribution is 6.30. The average molecular weight is 385 g/mol. The lowest BCUT2D eigenvalue weighted by Crippen LogP contribution is -2.53. The third kappa shape index (κ3) is 2.69. The van der Waals surface area contributed by atoms with Gasteiger partial charge in [-0.25, -0.2) is 9.40 Å². The van der Waals surface area contributed by atoms with Crippen LogP contribution in [0.1, 0.15) is 42.9 Å². The summed E-state index contributed by atoms with van der Waals surface area (Å²) < 4.78 is 19.7. The van der Waals surface area contributed by atoms with Crippen molar-refractivity contribution in [3.05, 3.63) is 76.3 Å². The third-order valence-corrected chi connectivity index (χ3v) is 5.69. The molecule has 0 amide bonds. The number of rotatable bonds is 1. The van der Waals surface area contributed by atoms with Crippen molar-refractivity contribution < 1.29 is 14.2 Å². The molecule has 2 aliphatic heterocycles. The fourth-order valence-electron chi connectivity index (χ4n) is 4.22. The minimum Gasteiger partial charge on any atom is -0.512 e. The molecule has 4 nitrogen and oxygen atoms in total. The number of aliphatic hydroxyl groups excluding tert-OH is 1. The van der Waals surface area contributed by atoms with Gasteiger partial charge >= 0.3 is 0 Å². The van der Waals surface area contributed by atoms with Gasteiger partial charge in [0.05, 0.1) is 17.5 Å². The van der Waals surface area contributed by atoms with Crippen molar-refractivity contribution >= 4 is 17.3 Å². The standard InChI is InChI=1S/C21H18ClFN2O2/c22-14-5-8-20-17(10-14)19-11-18(13-3-6-15(23)7-4-13)24-25(19)21(27-20)9-1-2-16(26)12-21/h3-8,10,12,19,26H,1-2,9,11H2/t19-,21-/m0/s1. The Hall–Kier alpha value is -2.53. The van der Waals surface area contributed by atoms with E-state index < -0.39 is 5.72 Å². The molecule has 3 aliphatic rings. The number of hydrogen-bond donors (Lipinski definition) is 1. The number of hydrogen-bond acceptors (Lipinski definition) is 4. The van der Waals surface area contributed by atoms with Gasteiger partial charge in [-0.3, -0.25) is 0 Å². The second kappa shape index (κ2) is 5.99. The summed E-state index contributed by atoms with van der Waals surface area (Å²) in [5.74, 6) is 0.817. The minimum atomic E-state index is -0.810. The van der Waals surface area contributed by atoms with E-state index in [0.29, 0.717) is 23.6 Å². The molecule has 0 saturated carbocycles. The third-order valence-electron chi connectivity index (χ3n) is 5.45. The second-order valence-corrected chi connectivity index (χ2v) is 7.67. The molecule has 0 bridgehead atoms. The SMILES string of the molecule is OC1=C[C@]2(CCC1)Oc1ccc(Cl)cc1[C@@H]1CC(c3ccc(F)cc3)=NN12. The van der Waals surface area contributed by atoms with E-state index >= 15 is 0 Å². The van der Waals surface area contributed by atoms with Crippen LogP contribution in [-0.4, -0.2) is 21.6 Å². The van der Waals surface area contributed by atoms with Crippen molar-refractivity contribution in [2.45, 2.75) is 37.5 Å². The zero-order valence-electron chi connectivity index (χ0n) is 14.5. The molecular formula is C21H18ClFN2O2. The molecular weight excluding hydrogens is 367 g/mol. The molecule has 2 aromatic carbocycles. The highest BCUT2D eigenvalue weighted by Crippen LogP contribution is 2.50. The van der Waals surface area contributed by atoms with Gasteiger partial charge in [0.1, 0.15) is 11.6 Å². The van der Waals surface area contributed by atoms with E-state index in [9.17, 15) is 9.50 Å². The summed E-state index contributed by atoms with van der Waals surface area (Å²) in [6.07, 6.45) is 4.63. The van der Waals surface area contributed by atoms with Gasteiger partial charge in [-0.2, -0.15) is 5.10 Å². The normalized spacial score (nSPS) is 26.1. The zero-order valence-corrected chi connectivity index (χ0v) is 15.3. The van der Waals surface area contributed by atoms with Crippen molar-refractivity contribution in [2.24, 2.45) is 5.10 Å². The van der Waals surface area contributed by atoms with Gasteiger partial charge in [-0.15, -0.1) is 0 Å². The van der Waals surface area contributed by atoms with Gasteiger partial charge in [0.2, 0.25) is 5.72 Å². The van der Waals surface area contributed by atoms with Crippen LogP contribution in [-0.2, 0) is 0 Å². The number of ether oxygens (including phenoxy) is 1. The number of halogens is 2. The molecule has 1 aliphatic carbocycles. The van der Waals surface area contributed by atoms with E-state index in [1.807, 2.05) is 23.2 Å². The fraction of sp³-hybridized carbons (Fsp3) is 0.286. The van der Waals surface area contributed by atoms with Crippen molar-refractivity contribution in [2.75, 3.05) is 0 Å². The Morgan fingerprint density at radius 3 is 2.81 bits per heavy atom.